The van der Waals surface area contributed by atoms with Crippen LogP contribution in [0, 0.1) is 11.3 Å². The van der Waals surface area contributed by atoms with Crippen molar-refractivity contribution in [1.29, 1.82) is 5.26 Å². The summed E-state index contributed by atoms with van der Waals surface area (Å²) in [6.07, 6.45) is 4.02. The third-order valence-electron chi connectivity index (χ3n) is 4.54. The first-order valence-corrected chi connectivity index (χ1v) is 7.97. The van der Waals surface area contributed by atoms with Crippen LogP contribution in [-0.2, 0) is 6.54 Å². The lowest BCUT2D eigenvalue weighted by Gasteiger charge is -2.26. The first-order valence-electron chi connectivity index (χ1n) is 7.97. The van der Waals surface area contributed by atoms with Crippen LogP contribution in [0.4, 0.5) is 0 Å². The van der Waals surface area contributed by atoms with E-state index < -0.39 is 0 Å². The second kappa shape index (κ2) is 6.77. The highest BCUT2D eigenvalue weighted by Gasteiger charge is 2.18. The van der Waals surface area contributed by atoms with Gasteiger partial charge >= 0.3 is 0 Å². The van der Waals surface area contributed by atoms with Gasteiger partial charge in [-0.3, -0.25) is 4.90 Å². The van der Waals surface area contributed by atoms with E-state index in [0.717, 1.165) is 28.0 Å². The summed E-state index contributed by atoms with van der Waals surface area (Å²) in [5, 5.41) is 9.55. The van der Waals surface area contributed by atoms with Crippen LogP contribution in [0.25, 0.3) is 5.52 Å². The van der Waals surface area contributed by atoms with Crippen molar-refractivity contribution in [3.63, 3.8) is 0 Å². The van der Waals surface area contributed by atoms with Crippen LogP contribution in [0.15, 0.2) is 54.9 Å². The quantitative estimate of drug-likeness (QED) is 0.713. The zero-order valence-electron chi connectivity index (χ0n) is 14.2. The number of para-hydroxylation sites is 1. The van der Waals surface area contributed by atoms with Gasteiger partial charge < -0.3 is 9.14 Å². The molecule has 0 aliphatic rings. The maximum absolute atomic E-state index is 9.55. The molecule has 0 saturated carbocycles. The molecule has 0 fully saturated rings. The first-order chi connectivity index (χ1) is 11.7. The summed E-state index contributed by atoms with van der Waals surface area (Å²) in [6.45, 7) is 2.85. The Hall–Kier alpha value is -2.77. The molecule has 0 N–H and O–H groups in total. The lowest BCUT2D eigenvalue weighted by atomic mass is 10.0. The molecule has 4 heteroatoms. The van der Waals surface area contributed by atoms with E-state index >= 15 is 0 Å². The Morgan fingerprint density at radius 2 is 1.96 bits per heavy atom. The number of pyridine rings is 1. The van der Waals surface area contributed by atoms with E-state index in [4.69, 9.17) is 4.74 Å². The summed E-state index contributed by atoms with van der Waals surface area (Å²) in [5.74, 6) is 0.888. The van der Waals surface area contributed by atoms with Crippen LogP contribution in [0.1, 0.15) is 29.7 Å². The van der Waals surface area contributed by atoms with Crippen molar-refractivity contribution in [1.82, 2.24) is 9.30 Å². The molecule has 0 spiro atoms. The fraction of sp³-hybridized carbons (Fsp3) is 0.250. The number of benzene rings is 1. The van der Waals surface area contributed by atoms with Gasteiger partial charge in [-0.2, -0.15) is 5.26 Å². The van der Waals surface area contributed by atoms with E-state index in [1.165, 1.54) is 0 Å². The van der Waals surface area contributed by atoms with Gasteiger partial charge in [-0.1, -0.05) is 24.3 Å². The van der Waals surface area contributed by atoms with Crippen molar-refractivity contribution in [3.8, 4) is 11.8 Å². The van der Waals surface area contributed by atoms with Gasteiger partial charge in [0.15, 0.2) is 0 Å². The summed E-state index contributed by atoms with van der Waals surface area (Å²) < 4.78 is 7.49. The van der Waals surface area contributed by atoms with E-state index in [2.05, 4.69) is 31.0 Å². The summed E-state index contributed by atoms with van der Waals surface area (Å²) in [4.78, 5) is 2.23. The fourth-order valence-electron chi connectivity index (χ4n) is 3.08. The SMILES string of the molecule is COc1ccccc1[C@@H](C)N(C)Cc1cn2ccccc2c1C#N. The Morgan fingerprint density at radius 3 is 2.71 bits per heavy atom. The summed E-state index contributed by atoms with van der Waals surface area (Å²) in [5.41, 5.74) is 3.88. The Balaban J connectivity index is 1.90. The minimum Gasteiger partial charge on any atom is -0.496 e. The molecule has 122 valence electrons. The largest absolute Gasteiger partial charge is 0.496 e. The van der Waals surface area contributed by atoms with Crippen LogP contribution in [0.5, 0.6) is 5.75 Å². The lowest BCUT2D eigenvalue weighted by molar-refractivity contribution is 0.247. The van der Waals surface area contributed by atoms with Gasteiger partial charge in [0.2, 0.25) is 0 Å². The number of nitriles is 1. The summed E-state index contributed by atoms with van der Waals surface area (Å²) in [6, 6.07) is 16.5. The van der Waals surface area contributed by atoms with Gasteiger partial charge in [0.1, 0.15) is 11.8 Å². The number of hydrogen-bond donors (Lipinski definition) is 0. The van der Waals surface area contributed by atoms with Crippen molar-refractivity contribution in [2.75, 3.05) is 14.2 Å². The Kier molecular flexibility index (Phi) is 4.54. The monoisotopic (exact) mass is 319 g/mol. The maximum atomic E-state index is 9.55. The minimum absolute atomic E-state index is 0.177. The van der Waals surface area contributed by atoms with E-state index in [-0.39, 0.29) is 6.04 Å². The van der Waals surface area contributed by atoms with Gasteiger partial charge in [0.05, 0.1) is 18.2 Å². The van der Waals surface area contributed by atoms with Crippen molar-refractivity contribution >= 4 is 5.52 Å². The molecule has 0 saturated heterocycles. The van der Waals surface area contributed by atoms with Crippen molar-refractivity contribution in [3.05, 3.63) is 71.5 Å². The third-order valence-corrected chi connectivity index (χ3v) is 4.54. The Labute approximate surface area is 142 Å². The van der Waals surface area contributed by atoms with Gasteiger partial charge in [-0.25, -0.2) is 0 Å². The molecule has 0 radical (unpaired) electrons. The molecule has 0 aliphatic heterocycles. The molecular formula is C20H21N3O. The topological polar surface area (TPSA) is 40.7 Å². The van der Waals surface area contributed by atoms with E-state index in [0.29, 0.717) is 6.54 Å². The third kappa shape index (κ3) is 2.86. The molecular weight excluding hydrogens is 298 g/mol. The number of ether oxygens (including phenoxy) is 1. The smallest absolute Gasteiger partial charge is 0.123 e. The van der Waals surface area contributed by atoms with Crippen LogP contribution >= 0.6 is 0 Å². The average molecular weight is 319 g/mol. The molecule has 2 heterocycles. The molecule has 0 bridgehead atoms. The van der Waals surface area contributed by atoms with Gasteiger partial charge in [0.25, 0.3) is 0 Å². The molecule has 3 rings (SSSR count). The molecule has 3 aromatic rings. The van der Waals surface area contributed by atoms with E-state index in [9.17, 15) is 5.26 Å². The standard InChI is InChI=1S/C20H21N3O/c1-15(17-8-4-5-10-20(17)24-3)22(2)13-16-14-23-11-7-6-9-19(23)18(16)12-21/h4-11,14-15H,13H2,1-3H3/t15-/m1/s1. The molecule has 24 heavy (non-hydrogen) atoms. The Morgan fingerprint density at radius 1 is 1.21 bits per heavy atom. The molecule has 0 unspecified atom stereocenters. The summed E-state index contributed by atoms with van der Waals surface area (Å²) >= 11 is 0. The number of methoxy groups -OCH3 is 1. The number of aromatic nitrogens is 1. The Bertz CT molecular complexity index is 891. The predicted octanol–water partition coefficient (Wildman–Crippen LogP) is 4.01. The number of rotatable bonds is 5. The minimum atomic E-state index is 0.177. The maximum Gasteiger partial charge on any atom is 0.123 e. The van der Waals surface area contributed by atoms with Gasteiger partial charge in [-0.05, 0) is 32.2 Å². The number of nitrogens with zero attached hydrogens (tertiary/aromatic N) is 3. The zero-order chi connectivity index (χ0) is 17.1. The van der Waals surface area contributed by atoms with Crippen LogP contribution in [0.2, 0.25) is 0 Å². The normalized spacial score (nSPS) is 12.3. The molecule has 1 aromatic carbocycles. The summed E-state index contributed by atoms with van der Waals surface area (Å²) in [7, 11) is 3.76. The first kappa shape index (κ1) is 16.1. The number of fused-ring (bicyclic) bond motifs is 1. The average Bonchev–Trinajstić information content (AvgIpc) is 2.97. The highest BCUT2D eigenvalue weighted by atomic mass is 16.5. The zero-order valence-corrected chi connectivity index (χ0v) is 14.2. The highest BCUT2D eigenvalue weighted by molar-refractivity contribution is 5.65. The highest BCUT2D eigenvalue weighted by Crippen LogP contribution is 2.30. The molecule has 4 nitrogen and oxygen atoms in total. The van der Waals surface area contributed by atoms with Gasteiger partial charge in [-0.15, -0.1) is 0 Å². The van der Waals surface area contributed by atoms with Crippen LogP contribution < -0.4 is 4.74 Å². The lowest BCUT2D eigenvalue weighted by Crippen LogP contribution is -2.22. The second-order valence-corrected chi connectivity index (χ2v) is 5.97. The van der Waals surface area contributed by atoms with Gasteiger partial charge in [0, 0.05) is 36.1 Å². The van der Waals surface area contributed by atoms with E-state index in [1.54, 1.807) is 7.11 Å². The molecule has 0 aliphatic carbocycles. The van der Waals surface area contributed by atoms with Crippen molar-refractivity contribution in [2.45, 2.75) is 19.5 Å². The number of hydrogen-bond acceptors (Lipinski definition) is 3. The van der Waals surface area contributed by atoms with Crippen LogP contribution in [0.3, 0.4) is 0 Å². The predicted molar refractivity (Wildman–Crippen MR) is 95.0 cm³/mol. The van der Waals surface area contributed by atoms with Crippen molar-refractivity contribution < 1.29 is 4.74 Å². The van der Waals surface area contributed by atoms with Crippen LogP contribution in [-0.4, -0.2) is 23.5 Å². The van der Waals surface area contributed by atoms with Crippen molar-refractivity contribution in [2.24, 2.45) is 0 Å². The second-order valence-electron chi connectivity index (χ2n) is 5.97. The molecule has 0 amide bonds. The van der Waals surface area contributed by atoms with E-state index in [1.807, 2.05) is 53.2 Å². The fourth-order valence-corrected chi connectivity index (χ4v) is 3.08. The molecule has 1 atom stereocenters. The molecule has 2 aromatic heterocycles.